The Bertz CT molecular complexity index is 1080. The fourth-order valence-electron chi connectivity index (χ4n) is 4.06. The average Bonchev–Trinajstić information content (AvgIpc) is 3.34. The van der Waals surface area contributed by atoms with E-state index in [0.717, 1.165) is 33.5 Å². The third-order valence-electron chi connectivity index (χ3n) is 6.11. The Kier molecular flexibility index (Phi) is 6.89. The van der Waals surface area contributed by atoms with Gasteiger partial charge < -0.3 is 19.9 Å². The highest BCUT2D eigenvalue weighted by molar-refractivity contribution is 7.07. The molecule has 168 valence electrons. The van der Waals surface area contributed by atoms with Gasteiger partial charge in [0.1, 0.15) is 5.75 Å². The molecule has 2 aromatic carbocycles. The van der Waals surface area contributed by atoms with Crippen molar-refractivity contribution in [2.45, 2.75) is 38.8 Å². The minimum Gasteiger partial charge on any atom is -0.496 e. The van der Waals surface area contributed by atoms with Crippen LogP contribution < -0.4 is 10.1 Å². The van der Waals surface area contributed by atoms with Crippen molar-refractivity contribution in [3.8, 4) is 17.0 Å². The minimum atomic E-state index is -0.610. The summed E-state index contributed by atoms with van der Waals surface area (Å²) in [6.07, 6.45) is 0.599. The molecule has 32 heavy (non-hydrogen) atoms. The van der Waals surface area contributed by atoms with Crippen LogP contribution in [0.15, 0.2) is 41.2 Å². The van der Waals surface area contributed by atoms with Gasteiger partial charge in [-0.3, -0.25) is 4.79 Å². The highest BCUT2D eigenvalue weighted by Crippen LogP contribution is 2.31. The van der Waals surface area contributed by atoms with Gasteiger partial charge in [0.15, 0.2) is 0 Å². The quantitative estimate of drug-likeness (QED) is 0.593. The Morgan fingerprint density at radius 3 is 2.72 bits per heavy atom. The van der Waals surface area contributed by atoms with Gasteiger partial charge in [-0.15, -0.1) is 11.3 Å². The molecule has 1 saturated heterocycles. The number of aromatic nitrogens is 1. The van der Waals surface area contributed by atoms with Gasteiger partial charge in [-0.25, -0.2) is 4.98 Å². The summed E-state index contributed by atoms with van der Waals surface area (Å²) < 4.78 is 11.0. The number of benzene rings is 2. The van der Waals surface area contributed by atoms with Gasteiger partial charge in [-0.2, -0.15) is 0 Å². The maximum atomic E-state index is 13.1. The number of ether oxygens (including phenoxy) is 2. The van der Waals surface area contributed by atoms with Gasteiger partial charge in [-0.05, 0) is 55.0 Å². The molecule has 1 fully saturated rings. The second-order valence-electron chi connectivity index (χ2n) is 8.12. The fourth-order valence-corrected chi connectivity index (χ4v) is 4.62. The molecule has 1 aliphatic rings. The first-order chi connectivity index (χ1) is 15.5. The number of hydrogen-bond acceptors (Lipinski definition) is 6. The van der Waals surface area contributed by atoms with Crippen LogP contribution in [0.2, 0.25) is 0 Å². The predicted octanol–water partition coefficient (Wildman–Crippen LogP) is 3.91. The zero-order valence-corrected chi connectivity index (χ0v) is 19.4. The summed E-state index contributed by atoms with van der Waals surface area (Å²) in [5, 5.41) is 15.2. The molecule has 0 spiro atoms. The SMILES string of the molecule is COc1c(C(=O)N[C@H]2COCC[C@@H]2O)cc(Cc2ccc(-c3cscn3)cc2)c(C)c1C. The second-order valence-corrected chi connectivity index (χ2v) is 8.84. The normalized spacial score (nSPS) is 18.4. The number of rotatable bonds is 6. The van der Waals surface area contributed by atoms with Gasteiger partial charge in [0.2, 0.25) is 0 Å². The highest BCUT2D eigenvalue weighted by atomic mass is 32.1. The van der Waals surface area contributed by atoms with Crippen LogP contribution in [0, 0.1) is 13.8 Å². The molecule has 1 aliphatic heterocycles. The van der Waals surface area contributed by atoms with Crippen molar-refractivity contribution < 1.29 is 19.4 Å². The van der Waals surface area contributed by atoms with Crippen molar-refractivity contribution in [3.63, 3.8) is 0 Å². The largest absolute Gasteiger partial charge is 0.496 e. The number of thiazole rings is 1. The van der Waals surface area contributed by atoms with Gasteiger partial charge >= 0.3 is 0 Å². The number of hydrogen-bond donors (Lipinski definition) is 2. The van der Waals surface area contributed by atoms with Crippen LogP contribution in [0.25, 0.3) is 11.3 Å². The molecule has 0 aliphatic carbocycles. The predicted molar refractivity (Wildman–Crippen MR) is 126 cm³/mol. The molecular weight excluding hydrogens is 424 g/mol. The zero-order valence-electron chi connectivity index (χ0n) is 18.6. The molecule has 4 rings (SSSR count). The number of methoxy groups -OCH3 is 1. The molecule has 1 aromatic heterocycles. The number of nitrogens with one attached hydrogen (secondary N) is 1. The molecular formula is C25H28N2O4S. The van der Waals surface area contributed by atoms with E-state index in [4.69, 9.17) is 9.47 Å². The summed E-state index contributed by atoms with van der Waals surface area (Å²) in [5.41, 5.74) is 8.63. The first-order valence-corrected chi connectivity index (χ1v) is 11.6. The van der Waals surface area contributed by atoms with Gasteiger partial charge in [0.05, 0.1) is 42.6 Å². The van der Waals surface area contributed by atoms with Gasteiger partial charge in [0.25, 0.3) is 5.91 Å². The summed E-state index contributed by atoms with van der Waals surface area (Å²) in [4.78, 5) is 17.5. The highest BCUT2D eigenvalue weighted by Gasteiger charge is 2.27. The van der Waals surface area contributed by atoms with Crippen LogP contribution in [-0.2, 0) is 11.2 Å². The number of nitrogens with zero attached hydrogens (tertiary/aromatic N) is 1. The Hall–Kier alpha value is -2.74. The molecule has 0 bridgehead atoms. The lowest BCUT2D eigenvalue weighted by atomic mass is 9.92. The van der Waals surface area contributed by atoms with Gasteiger partial charge in [-0.1, -0.05) is 24.3 Å². The number of aliphatic hydroxyl groups excluding tert-OH is 1. The molecule has 6 nitrogen and oxygen atoms in total. The lowest BCUT2D eigenvalue weighted by Crippen LogP contribution is -2.49. The van der Waals surface area contributed by atoms with Crippen molar-refractivity contribution in [1.82, 2.24) is 10.3 Å². The molecule has 3 aromatic rings. The van der Waals surface area contributed by atoms with E-state index >= 15 is 0 Å². The molecule has 0 radical (unpaired) electrons. The molecule has 2 heterocycles. The maximum Gasteiger partial charge on any atom is 0.255 e. The second kappa shape index (κ2) is 9.81. The molecule has 1 amide bonds. The average molecular weight is 453 g/mol. The van der Waals surface area contributed by atoms with Crippen molar-refractivity contribution in [2.24, 2.45) is 0 Å². The number of amides is 1. The molecule has 2 N–H and O–H groups in total. The van der Waals surface area contributed by atoms with E-state index in [1.54, 1.807) is 18.4 Å². The van der Waals surface area contributed by atoms with Gasteiger partial charge in [0, 0.05) is 17.6 Å². The topological polar surface area (TPSA) is 80.7 Å². The third-order valence-corrected chi connectivity index (χ3v) is 6.70. The van der Waals surface area contributed by atoms with Crippen LogP contribution >= 0.6 is 11.3 Å². The molecule has 7 heteroatoms. The minimum absolute atomic E-state index is 0.264. The summed E-state index contributed by atoms with van der Waals surface area (Å²) in [5.74, 6) is 0.300. The Morgan fingerprint density at radius 2 is 2.06 bits per heavy atom. The number of carbonyl (C=O) groups excluding carboxylic acids is 1. The summed E-state index contributed by atoms with van der Waals surface area (Å²) >= 11 is 1.58. The summed E-state index contributed by atoms with van der Waals surface area (Å²) in [6.45, 7) is 4.83. The van der Waals surface area contributed by atoms with E-state index in [9.17, 15) is 9.90 Å². The van der Waals surface area contributed by atoms with Crippen LogP contribution in [0.5, 0.6) is 5.75 Å². The fraction of sp³-hybridized carbons (Fsp3) is 0.360. The Morgan fingerprint density at radius 1 is 1.28 bits per heavy atom. The maximum absolute atomic E-state index is 13.1. The van der Waals surface area contributed by atoms with Crippen molar-refractivity contribution in [2.75, 3.05) is 20.3 Å². The Balaban J connectivity index is 1.60. The first-order valence-electron chi connectivity index (χ1n) is 10.7. The lowest BCUT2D eigenvalue weighted by Gasteiger charge is -2.29. The third kappa shape index (κ3) is 4.70. The Labute approximate surface area is 192 Å². The van der Waals surface area contributed by atoms with E-state index in [2.05, 4.69) is 41.5 Å². The van der Waals surface area contributed by atoms with Crippen LogP contribution in [0.3, 0.4) is 0 Å². The van der Waals surface area contributed by atoms with E-state index in [-0.39, 0.29) is 5.91 Å². The molecule has 2 atom stereocenters. The van der Waals surface area contributed by atoms with E-state index in [1.165, 1.54) is 0 Å². The first kappa shape index (κ1) is 22.5. The van der Waals surface area contributed by atoms with Crippen molar-refractivity contribution >= 4 is 17.2 Å². The van der Waals surface area contributed by atoms with E-state index in [0.29, 0.717) is 37.4 Å². The van der Waals surface area contributed by atoms with E-state index < -0.39 is 12.1 Å². The summed E-state index contributed by atoms with van der Waals surface area (Å²) in [6, 6.07) is 9.83. The summed E-state index contributed by atoms with van der Waals surface area (Å²) in [7, 11) is 1.58. The monoisotopic (exact) mass is 452 g/mol. The van der Waals surface area contributed by atoms with Crippen molar-refractivity contribution in [3.05, 3.63) is 69.0 Å². The molecule has 0 saturated carbocycles. The van der Waals surface area contributed by atoms with Crippen LogP contribution in [0.1, 0.15) is 39.0 Å². The van der Waals surface area contributed by atoms with Crippen LogP contribution in [0.4, 0.5) is 0 Å². The number of aliphatic hydroxyl groups is 1. The molecule has 0 unspecified atom stereocenters. The number of carbonyl (C=O) groups is 1. The van der Waals surface area contributed by atoms with Crippen molar-refractivity contribution in [1.29, 1.82) is 0 Å². The van der Waals surface area contributed by atoms with Crippen LogP contribution in [-0.4, -0.2) is 48.5 Å². The smallest absolute Gasteiger partial charge is 0.255 e. The standard InChI is InChI=1S/C25H28N2O4S/c1-15-16(2)24(30-3)20(25(29)27-21-12-31-9-8-23(21)28)11-19(15)10-17-4-6-18(7-5-17)22-13-32-14-26-22/h4-7,11,13-14,21,23,28H,8-10,12H2,1-3H3,(H,27,29)/t21-,23-/m0/s1. The van der Waals surface area contributed by atoms with E-state index in [1.807, 2.05) is 23.9 Å². The lowest BCUT2D eigenvalue weighted by molar-refractivity contribution is -0.0140. The zero-order chi connectivity index (χ0) is 22.7.